The maximum atomic E-state index is 11.3. The molecule has 0 aliphatic rings. The number of nitro benzene ring substituents is 1. The lowest BCUT2D eigenvalue weighted by atomic mass is 10.2. The van der Waals surface area contributed by atoms with E-state index in [0.717, 1.165) is 3.57 Å². The average molecular weight is 596 g/mol. The Morgan fingerprint density at radius 3 is 2.39 bits per heavy atom. The van der Waals surface area contributed by atoms with Crippen molar-refractivity contribution in [3.63, 3.8) is 0 Å². The lowest BCUT2D eigenvalue weighted by Crippen LogP contribution is -2.43. The number of halogens is 1. The van der Waals surface area contributed by atoms with E-state index < -0.39 is 16.0 Å². The molecule has 11 nitrogen and oxygen atoms in total. The monoisotopic (exact) mass is 596 g/mol. The Morgan fingerprint density at radius 1 is 1.09 bits per heavy atom. The first-order valence-electron chi connectivity index (χ1n) is 8.98. The van der Waals surface area contributed by atoms with Crippen LogP contribution in [0.1, 0.15) is 0 Å². The minimum Gasteiger partial charge on any atom is -0.768 e. The molecule has 1 heterocycles. The first kappa shape index (κ1) is 23.4. The number of benzene rings is 3. The molecule has 0 N–H and O–H groups in total. The molecule has 1 unspecified atom stereocenters. The first-order chi connectivity index (χ1) is 15.9. The summed E-state index contributed by atoms with van der Waals surface area (Å²) in [5.41, 5.74) is 1.43. The van der Waals surface area contributed by atoms with Crippen LogP contribution in [-0.4, -0.2) is 28.7 Å². The summed E-state index contributed by atoms with van der Waals surface area (Å²) in [4.78, 5) is 13.6. The number of nitrogens with zero attached hydrogens (tertiary/aromatic N) is 5. The van der Waals surface area contributed by atoms with E-state index in [1.54, 1.807) is 0 Å². The molecule has 4 aromatic rings. The van der Waals surface area contributed by atoms with Crippen LogP contribution in [0.4, 0.5) is 5.69 Å². The van der Waals surface area contributed by atoms with Gasteiger partial charge in [0.05, 0.1) is 15.6 Å². The van der Waals surface area contributed by atoms with Crippen LogP contribution < -0.4 is 10.1 Å². The van der Waals surface area contributed by atoms with Crippen LogP contribution in [0, 0.1) is 13.7 Å². The van der Waals surface area contributed by atoms with Crippen LogP contribution in [-0.2, 0) is 15.4 Å². The van der Waals surface area contributed by atoms with E-state index in [2.05, 4.69) is 37.1 Å². The molecular weight excluding hydrogens is 585 g/mol. The molecule has 0 radical (unpaired) electrons. The third kappa shape index (κ3) is 5.10. The van der Waals surface area contributed by atoms with Gasteiger partial charge in [-0.15, -0.1) is 0 Å². The largest absolute Gasteiger partial charge is 0.768 e. The van der Waals surface area contributed by atoms with Gasteiger partial charge in [0.2, 0.25) is 0 Å². The average Bonchev–Trinajstić information content (AvgIpc) is 3.25. The van der Waals surface area contributed by atoms with Crippen molar-refractivity contribution in [3.8, 4) is 22.8 Å². The van der Waals surface area contributed by atoms with Gasteiger partial charge in [0.1, 0.15) is 5.69 Å². The second-order valence-electron chi connectivity index (χ2n) is 6.40. The quantitative estimate of drug-likeness (QED) is 0.0596. The van der Waals surface area contributed by atoms with Gasteiger partial charge in [-0.05, 0) is 98.2 Å². The van der Waals surface area contributed by atoms with E-state index in [0.29, 0.717) is 29.0 Å². The fourth-order valence-electron chi connectivity index (χ4n) is 2.90. The van der Waals surface area contributed by atoms with Crippen LogP contribution in [0.5, 0.6) is 0 Å². The van der Waals surface area contributed by atoms with Gasteiger partial charge in [0, 0.05) is 42.3 Å². The Hall–Kier alpha value is -2.76. The van der Waals surface area contributed by atoms with Gasteiger partial charge in [-0.25, -0.2) is 0 Å². The molecule has 0 fully saturated rings. The summed E-state index contributed by atoms with van der Waals surface area (Å²) in [6, 6.07) is 17.3. The van der Waals surface area contributed by atoms with E-state index in [1.165, 1.54) is 52.1 Å². The molecule has 0 spiro atoms. The zero-order valence-electron chi connectivity index (χ0n) is 16.2. The molecule has 4 rings (SSSR count). The fraction of sp³-hybridized carbons (Fsp3) is 0. The highest BCUT2D eigenvalue weighted by molar-refractivity contribution is 14.1. The van der Waals surface area contributed by atoms with Gasteiger partial charge >= 0.3 is 5.82 Å². The van der Waals surface area contributed by atoms with Crippen LogP contribution in [0.15, 0.2) is 76.5 Å². The van der Waals surface area contributed by atoms with Gasteiger partial charge in [-0.3, -0.25) is 14.3 Å². The molecule has 3 aromatic carbocycles. The van der Waals surface area contributed by atoms with Gasteiger partial charge in [-0.2, -0.15) is 0 Å². The number of nitro groups is 1. The Bertz CT molecular complexity index is 1350. The molecule has 0 aliphatic carbocycles. The maximum absolute atomic E-state index is 11.3. The van der Waals surface area contributed by atoms with Crippen LogP contribution in [0.3, 0.4) is 0 Å². The molecular formula is C19H11IN5O6S2-. The van der Waals surface area contributed by atoms with Crippen molar-refractivity contribution in [1.29, 1.82) is 0 Å². The highest BCUT2D eigenvalue weighted by Crippen LogP contribution is 2.31. The zero-order valence-corrected chi connectivity index (χ0v) is 20.0. The molecule has 14 heteroatoms. The minimum atomic E-state index is -2.50. The molecule has 0 amide bonds. The smallest absolute Gasteiger partial charge is 0.341 e. The van der Waals surface area contributed by atoms with Crippen molar-refractivity contribution >= 4 is 51.4 Å². The van der Waals surface area contributed by atoms with E-state index >= 15 is 0 Å². The van der Waals surface area contributed by atoms with Gasteiger partial charge < -0.3 is 14.1 Å². The first-order valence-corrected chi connectivity index (χ1v) is 11.9. The lowest BCUT2D eigenvalue weighted by Gasteiger charge is -2.10. The highest BCUT2D eigenvalue weighted by Gasteiger charge is 2.26. The van der Waals surface area contributed by atoms with Crippen molar-refractivity contribution in [3.05, 3.63) is 80.4 Å². The van der Waals surface area contributed by atoms with Crippen molar-refractivity contribution in [1.82, 2.24) is 15.0 Å². The SMILES string of the molecule is O=[N+]([O-])c1ccc(-[n+]2nc(-c3ccc(S(=O)[O-])cc3SO[O-])nn2-c2ccc(I)cc2)cc1. The van der Waals surface area contributed by atoms with E-state index in [-0.39, 0.29) is 21.3 Å². The molecule has 168 valence electrons. The number of aromatic nitrogens is 4. The van der Waals surface area contributed by atoms with Gasteiger partial charge in [0.15, 0.2) is 5.69 Å². The summed E-state index contributed by atoms with van der Waals surface area (Å²) < 4.78 is 27.6. The number of non-ortho nitro benzene ring substituents is 1. The Balaban J connectivity index is 1.89. The van der Waals surface area contributed by atoms with Crippen LogP contribution in [0.2, 0.25) is 0 Å². The predicted octanol–water partition coefficient (Wildman–Crippen LogP) is 2.26. The van der Waals surface area contributed by atoms with Gasteiger partial charge in [-0.1, -0.05) is 0 Å². The molecule has 0 saturated heterocycles. The Labute approximate surface area is 206 Å². The number of hydrogen-bond acceptors (Lipinski definition) is 9. The number of hydrogen-bond donors (Lipinski definition) is 0. The molecule has 0 aliphatic heterocycles. The summed E-state index contributed by atoms with van der Waals surface area (Å²) in [6.07, 6.45) is 0. The highest BCUT2D eigenvalue weighted by atomic mass is 127. The summed E-state index contributed by atoms with van der Waals surface area (Å²) in [5, 5.41) is 30.9. The summed E-state index contributed by atoms with van der Waals surface area (Å²) in [6.45, 7) is 0. The molecule has 0 bridgehead atoms. The van der Waals surface area contributed by atoms with E-state index in [4.69, 9.17) is 0 Å². The zero-order chi connectivity index (χ0) is 23.5. The standard InChI is InChI=1S/C19H12IN5O6S2/c20-12-1-3-13(4-2-12)23-21-19(17-10-9-16(33(29)30)11-18(17)32-31-28)22-24(23)14-5-7-15(8-6-14)25(26)27/h1-11H,(H-,28,29,30)/p-1. The van der Waals surface area contributed by atoms with Crippen LogP contribution in [0.25, 0.3) is 22.8 Å². The van der Waals surface area contributed by atoms with Gasteiger partial charge in [0.25, 0.3) is 5.69 Å². The van der Waals surface area contributed by atoms with Crippen molar-refractivity contribution in [2.45, 2.75) is 9.79 Å². The summed E-state index contributed by atoms with van der Waals surface area (Å²) in [5.74, 6) is 0.176. The topological polar surface area (TPSA) is 150 Å². The van der Waals surface area contributed by atoms with E-state index in [1.807, 2.05) is 24.3 Å². The van der Waals surface area contributed by atoms with Crippen molar-refractivity contribution in [2.75, 3.05) is 0 Å². The molecule has 1 atom stereocenters. The number of rotatable bonds is 7. The number of tetrazole rings is 1. The summed E-state index contributed by atoms with van der Waals surface area (Å²) in [7, 11) is 0. The molecule has 0 saturated carbocycles. The third-order valence-electron chi connectivity index (χ3n) is 4.42. The Morgan fingerprint density at radius 2 is 1.79 bits per heavy atom. The van der Waals surface area contributed by atoms with E-state index in [9.17, 15) is 24.1 Å². The summed E-state index contributed by atoms with van der Waals surface area (Å²) >= 11 is 0.106. The second-order valence-corrected chi connectivity index (χ2v) is 9.33. The van der Waals surface area contributed by atoms with Crippen molar-refractivity contribution < 1.29 is 28.1 Å². The Kier molecular flexibility index (Phi) is 7.11. The maximum Gasteiger partial charge on any atom is 0.341 e. The fourth-order valence-corrected chi connectivity index (χ4v) is 4.23. The van der Waals surface area contributed by atoms with Crippen LogP contribution >= 0.6 is 34.6 Å². The second kappa shape index (κ2) is 10.0. The normalized spacial score (nSPS) is 12.0. The molecule has 1 aromatic heterocycles. The third-order valence-corrected chi connectivity index (χ3v) is 6.36. The predicted molar refractivity (Wildman–Crippen MR) is 122 cm³/mol. The minimum absolute atomic E-state index is 0.0291. The lowest BCUT2D eigenvalue weighted by molar-refractivity contribution is -0.734. The molecule has 33 heavy (non-hydrogen) atoms. The van der Waals surface area contributed by atoms with Crippen molar-refractivity contribution in [2.24, 2.45) is 0 Å².